The van der Waals surface area contributed by atoms with Crippen molar-refractivity contribution in [1.29, 1.82) is 0 Å². The number of aromatic nitrogens is 2. The van der Waals surface area contributed by atoms with Gasteiger partial charge in [-0.3, -0.25) is 4.79 Å². The first-order valence-electron chi connectivity index (χ1n) is 8.47. The largest absolute Gasteiger partial charge is 0.298 e. The number of benzene rings is 2. The summed E-state index contributed by atoms with van der Waals surface area (Å²) in [6, 6.07) is 15.9. The molecule has 3 rings (SSSR count). The molecule has 0 radical (unpaired) electrons. The fourth-order valence-electron chi connectivity index (χ4n) is 3.01. The Morgan fingerprint density at radius 3 is 2.33 bits per heavy atom. The van der Waals surface area contributed by atoms with Crippen LogP contribution in [0.2, 0.25) is 0 Å². The molecule has 0 amide bonds. The number of hydrogen-bond donors (Lipinski definition) is 0. The second-order valence-electron chi connectivity index (χ2n) is 6.31. The van der Waals surface area contributed by atoms with Crippen molar-refractivity contribution in [3.05, 3.63) is 77.1 Å². The Kier molecular flexibility index (Phi) is 5.25. The number of aldehydes is 1. The molecule has 3 aromatic rings. The van der Waals surface area contributed by atoms with Crippen molar-refractivity contribution in [2.24, 2.45) is 0 Å². The molecule has 7 heteroatoms. The van der Waals surface area contributed by atoms with Gasteiger partial charge in [0.1, 0.15) is 0 Å². The summed E-state index contributed by atoms with van der Waals surface area (Å²) >= 11 is 0. The number of para-hydroxylation sites is 1. The van der Waals surface area contributed by atoms with Crippen LogP contribution < -0.4 is 0 Å². The van der Waals surface area contributed by atoms with E-state index in [-0.39, 0.29) is 17.0 Å². The van der Waals surface area contributed by atoms with Gasteiger partial charge in [-0.1, -0.05) is 36.4 Å². The van der Waals surface area contributed by atoms with Crippen LogP contribution in [-0.2, 0) is 16.6 Å². The highest BCUT2D eigenvalue weighted by Gasteiger charge is 2.26. The molecule has 140 valence electrons. The molecule has 27 heavy (non-hydrogen) atoms. The lowest BCUT2D eigenvalue weighted by Gasteiger charge is -2.18. The maximum atomic E-state index is 13.0. The Bertz CT molecular complexity index is 1070. The molecule has 1 heterocycles. The molecule has 0 aliphatic heterocycles. The first-order chi connectivity index (χ1) is 12.9. The van der Waals surface area contributed by atoms with Gasteiger partial charge in [0, 0.05) is 30.4 Å². The van der Waals surface area contributed by atoms with Gasteiger partial charge in [0.2, 0.25) is 10.0 Å². The predicted molar refractivity (Wildman–Crippen MR) is 104 cm³/mol. The van der Waals surface area contributed by atoms with Crippen molar-refractivity contribution >= 4 is 16.3 Å². The molecule has 0 aliphatic rings. The van der Waals surface area contributed by atoms with Crippen molar-refractivity contribution in [1.82, 2.24) is 14.1 Å². The molecule has 1 aromatic heterocycles. The highest BCUT2D eigenvalue weighted by Crippen LogP contribution is 2.23. The van der Waals surface area contributed by atoms with E-state index in [9.17, 15) is 13.2 Å². The van der Waals surface area contributed by atoms with E-state index in [1.54, 1.807) is 12.1 Å². The van der Waals surface area contributed by atoms with Gasteiger partial charge in [0.05, 0.1) is 16.3 Å². The van der Waals surface area contributed by atoms with Crippen LogP contribution in [0.3, 0.4) is 0 Å². The monoisotopic (exact) mass is 383 g/mol. The molecule has 0 saturated heterocycles. The first kappa shape index (κ1) is 19.0. The Hall–Kier alpha value is -2.77. The number of rotatable bonds is 6. The normalized spacial score (nSPS) is 11.7. The minimum atomic E-state index is -3.80. The molecule has 6 nitrogen and oxygen atoms in total. The van der Waals surface area contributed by atoms with E-state index < -0.39 is 10.0 Å². The average Bonchev–Trinajstić information content (AvgIpc) is 2.96. The summed E-state index contributed by atoms with van der Waals surface area (Å²) in [5, 5.41) is 4.56. The summed E-state index contributed by atoms with van der Waals surface area (Å²) < 4.78 is 29.0. The molecule has 2 aromatic carbocycles. The van der Waals surface area contributed by atoms with Gasteiger partial charge in [-0.05, 0) is 32.0 Å². The third kappa shape index (κ3) is 3.56. The summed E-state index contributed by atoms with van der Waals surface area (Å²) in [6.45, 7) is 3.95. The van der Waals surface area contributed by atoms with Gasteiger partial charge in [-0.2, -0.15) is 9.40 Å². The summed E-state index contributed by atoms with van der Waals surface area (Å²) in [5.74, 6) is 0. The quantitative estimate of drug-likeness (QED) is 0.613. The highest BCUT2D eigenvalue weighted by molar-refractivity contribution is 7.89. The minimum Gasteiger partial charge on any atom is -0.298 e. The van der Waals surface area contributed by atoms with Gasteiger partial charge >= 0.3 is 0 Å². The second kappa shape index (κ2) is 7.46. The van der Waals surface area contributed by atoms with E-state index in [0.29, 0.717) is 6.29 Å². The lowest BCUT2D eigenvalue weighted by Crippen LogP contribution is -2.27. The lowest BCUT2D eigenvalue weighted by molar-refractivity contribution is 0.112. The second-order valence-corrected chi connectivity index (χ2v) is 8.33. The zero-order valence-electron chi connectivity index (χ0n) is 15.5. The topological polar surface area (TPSA) is 72.3 Å². The molecule has 0 fully saturated rings. The fourth-order valence-corrected chi connectivity index (χ4v) is 4.31. The highest BCUT2D eigenvalue weighted by atomic mass is 32.2. The third-order valence-electron chi connectivity index (χ3n) is 4.56. The van der Waals surface area contributed by atoms with Crippen molar-refractivity contribution in [3.63, 3.8) is 0 Å². The predicted octanol–water partition coefficient (Wildman–Crippen LogP) is 3.12. The van der Waals surface area contributed by atoms with Crippen molar-refractivity contribution in [2.45, 2.75) is 25.3 Å². The summed E-state index contributed by atoms with van der Waals surface area (Å²) in [6.07, 6.45) is 0.560. The molecule has 0 atom stereocenters. The van der Waals surface area contributed by atoms with Gasteiger partial charge in [-0.25, -0.2) is 13.1 Å². The first-order valence-corrected chi connectivity index (χ1v) is 9.91. The van der Waals surface area contributed by atoms with Gasteiger partial charge in [0.25, 0.3) is 0 Å². The van der Waals surface area contributed by atoms with E-state index in [0.717, 1.165) is 22.6 Å². The van der Waals surface area contributed by atoms with Crippen molar-refractivity contribution < 1.29 is 13.2 Å². The number of nitrogens with zero attached hydrogens (tertiary/aromatic N) is 3. The Labute approximate surface area is 159 Å². The van der Waals surface area contributed by atoms with Crippen LogP contribution in [0.5, 0.6) is 0 Å². The number of aryl methyl sites for hydroxylation is 1. The van der Waals surface area contributed by atoms with E-state index in [2.05, 4.69) is 5.10 Å². The summed E-state index contributed by atoms with van der Waals surface area (Å²) in [4.78, 5) is 11.2. The molecule has 0 bridgehead atoms. The maximum absolute atomic E-state index is 13.0. The van der Waals surface area contributed by atoms with Gasteiger partial charge in [0.15, 0.2) is 6.29 Å². The van der Waals surface area contributed by atoms with E-state index in [1.165, 1.54) is 23.5 Å². The molecule has 0 unspecified atom stereocenters. The number of hydrogen-bond acceptors (Lipinski definition) is 4. The van der Waals surface area contributed by atoms with E-state index in [4.69, 9.17) is 0 Å². The zero-order chi connectivity index (χ0) is 19.6. The van der Waals surface area contributed by atoms with Crippen LogP contribution in [0.4, 0.5) is 0 Å². The third-order valence-corrected chi connectivity index (χ3v) is 6.43. The molecule has 0 N–H and O–H groups in total. The Morgan fingerprint density at radius 1 is 1.04 bits per heavy atom. The Balaban J connectivity index is 1.96. The molecular weight excluding hydrogens is 362 g/mol. The summed E-state index contributed by atoms with van der Waals surface area (Å²) in [5.41, 5.74) is 3.55. The zero-order valence-corrected chi connectivity index (χ0v) is 16.3. The van der Waals surface area contributed by atoms with Gasteiger partial charge < -0.3 is 0 Å². The van der Waals surface area contributed by atoms with E-state index >= 15 is 0 Å². The van der Waals surface area contributed by atoms with Gasteiger partial charge in [-0.15, -0.1) is 0 Å². The maximum Gasteiger partial charge on any atom is 0.243 e. The van der Waals surface area contributed by atoms with Crippen LogP contribution in [0.25, 0.3) is 5.69 Å². The van der Waals surface area contributed by atoms with Crippen LogP contribution in [0.1, 0.15) is 27.3 Å². The molecule has 0 aliphatic carbocycles. The molecule has 0 saturated carbocycles. The number of carbonyl (C=O) groups excluding carboxylic acids is 1. The standard InChI is InChI=1S/C20H21N3O3S/c1-15-19(16(2)23(21-15)18-10-5-4-6-11-18)13-22(3)27(25,26)20-12-8-7-9-17(20)14-24/h4-12,14H,13H2,1-3H3. The Morgan fingerprint density at radius 2 is 1.67 bits per heavy atom. The fraction of sp³-hybridized carbons (Fsp3) is 0.200. The number of carbonyl (C=O) groups is 1. The van der Waals surface area contributed by atoms with Crippen molar-refractivity contribution in [3.8, 4) is 5.69 Å². The van der Waals surface area contributed by atoms with Crippen LogP contribution in [0, 0.1) is 13.8 Å². The SMILES string of the molecule is Cc1nn(-c2ccccc2)c(C)c1CN(C)S(=O)(=O)c1ccccc1C=O. The summed E-state index contributed by atoms with van der Waals surface area (Å²) in [7, 11) is -2.29. The number of sulfonamides is 1. The smallest absolute Gasteiger partial charge is 0.243 e. The van der Waals surface area contributed by atoms with Crippen molar-refractivity contribution in [2.75, 3.05) is 7.05 Å². The van der Waals surface area contributed by atoms with Crippen LogP contribution >= 0.6 is 0 Å². The average molecular weight is 383 g/mol. The lowest BCUT2D eigenvalue weighted by atomic mass is 10.2. The van der Waals surface area contributed by atoms with E-state index in [1.807, 2.05) is 48.9 Å². The molecular formula is C20H21N3O3S. The van der Waals surface area contributed by atoms with Crippen LogP contribution in [0.15, 0.2) is 59.5 Å². The van der Waals surface area contributed by atoms with Crippen LogP contribution in [-0.4, -0.2) is 35.8 Å². The molecule has 0 spiro atoms. The minimum absolute atomic E-state index is 0.00765.